The Morgan fingerprint density at radius 1 is 1.37 bits per heavy atom. The van der Waals surface area contributed by atoms with Crippen molar-refractivity contribution < 1.29 is 4.52 Å². The second-order valence-electron chi connectivity index (χ2n) is 5.02. The first-order valence-electron chi connectivity index (χ1n) is 6.53. The maximum atomic E-state index is 5.32. The number of rotatable bonds is 5. The van der Waals surface area contributed by atoms with E-state index in [4.69, 9.17) is 4.52 Å². The van der Waals surface area contributed by atoms with Crippen molar-refractivity contribution in [1.29, 1.82) is 0 Å². The fraction of sp³-hybridized carbons (Fsp3) is 0.500. The lowest BCUT2D eigenvalue weighted by molar-refractivity contribution is 0.335. The zero-order valence-corrected chi connectivity index (χ0v) is 11.8. The van der Waals surface area contributed by atoms with Gasteiger partial charge in [0.15, 0.2) is 0 Å². The van der Waals surface area contributed by atoms with Gasteiger partial charge in [-0.2, -0.15) is 4.98 Å². The number of aromatic nitrogens is 3. The molecule has 5 heteroatoms. The summed E-state index contributed by atoms with van der Waals surface area (Å²) in [5.74, 6) is 1.72. The Kier molecular flexibility index (Phi) is 4.27. The molecule has 2 heterocycles. The van der Waals surface area contributed by atoms with E-state index < -0.39 is 0 Å². The zero-order valence-electron chi connectivity index (χ0n) is 11.8. The first kappa shape index (κ1) is 13.7. The molecule has 102 valence electrons. The van der Waals surface area contributed by atoms with Crippen molar-refractivity contribution in [1.82, 2.24) is 20.4 Å². The van der Waals surface area contributed by atoms with E-state index in [1.807, 2.05) is 26.1 Å². The highest BCUT2D eigenvalue weighted by molar-refractivity contribution is 5.53. The van der Waals surface area contributed by atoms with E-state index in [2.05, 4.69) is 34.3 Å². The molecule has 0 amide bonds. The van der Waals surface area contributed by atoms with Gasteiger partial charge in [0.2, 0.25) is 11.7 Å². The molecule has 0 fully saturated rings. The molecule has 1 atom stereocenters. The number of aryl methyl sites for hydroxylation is 1. The smallest absolute Gasteiger partial charge is 0.228 e. The van der Waals surface area contributed by atoms with E-state index in [0.29, 0.717) is 23.7 Å². The van der Waals surface area contributed by atoms with Crippen LogP contribution in [0, 0.1) is 12.8 Å². The fourth-order valence-electron chi connectivity index (χ4n) is 2.01. The molecule has 0 aliphatic carbocycles. The number of likely N-dealkylation sites (N-methyl/N-ethyl adjacent to an activating group) is 1. The number of nitrogens with zero attached hydrogens (tertiary/aromatic N) is 3. The highest BCUT2D eigenvalue weighted by Crippen LogP contribution is 2.18. The SMILES string of the molecule is CNC(Cc1nc(-c2ncccc2C)no1)C(C)C. The van der Waals surface area contributed by atoms with Crippen LogP contribution in [0.3, 0.4) is 0 Å². The Morgan fingerprint density at radius 3 is 2.79 bits per heavy atom. The molecule has 0 radical (unpaired) electrons. The van der Waals surface area contributed by atoms with Gasteiger partial charge in [0, 0.05) is 18.7 Å². The topological polar surface area (TPSA) is 63.8 Å². The lowest BCUT2D eigenvalue weighted by Crippen LogP contribution is -2.32. The van der Waals surface area contributed by atoms with Gasteiger partial charge in [-0.05, 0) is 31.5 Å². The van der Waals surface area contributed by atoms with Crippen LogP contribution < -0.4 is 5.32 Å². The van der Waals surface area contributed by atoms with E-state index in [-0.39, 0.29) is 0 Å². The van der Waals surface area contributed by atoms with Crippen molar-refractivity contribution in [2.45, 2.75) is 33.2 Å². The van der Waals surface area contributed by atoms with E-state index in [1.165, 1.54) is 0 Å². The lowest BCUT2D eigenvalue weighted by Gasteiger charge is -2.17. The Labute approximate surface area is 113 Å². The van der Waals surface area contributed by atoms with Gasteiger partial charge >= 0.3 is 0 Å². The molecule has 2 aromatic heterocycles. The van der Waals surface area contributed by atoms with Gasteiger partial charge in [-0.1, -0.05) is 25.1 Å². The lowest BCUT2D eigenvalue weighted by atomic mass is 10.0. The number of pyridine rings is 1. The second-order valence-corrected chi connectivity index (χ2v) is 5.02. The average molecular weight is 260 g/mol. The molecule has 0 spiro atoms. The largest absolute Gasteiger partial charge is 0.339 e. The summed E-state index contributed by atoms with van der Waals surface area (Å²) in [6.45, 7) is 6.32. The summed E-state index contributed by atoms with van der Waals surface area (Å²) >= 11 is 0. The summed E-state index contributed by atoms with van der Waals surface area (Å²) in [6.07, 6.45) is 2.47. The Balaban J connectivity index is 2.18. The minimum absolute atomic E-state index is 0.332. The number of nitrogens with one attached hydrogen (secondary N) is 1. The maximum Gasteiger partial charge on any atom is 0.228 e. The van der Waals surface area contributed by atoms with Gasteiger partial charge in [-0.3, -0.25) is 4.98 Å². The first-order chi connectivity index (χ1) is 9.11. The van der Waals surface area contributed by atoms with E-state index in [9.17, 15) is 0 Å². The van der Waals surface area contributed by atoms with Crippen LogP contribution in [0.4, 0.5) is 0 Å². The van der Waals surface area contributed by atoms with Crippen LogP contribution >= 0.6 is 0 Å². The molecule has 0 aromatic carbocycles. The summed E-state index contributed by atoms with van der Waals surface area (Å²) in [6, 6.07) is 4.22. The molecular formula is C14H20N4O. The summed E-state index contributed by atoms with van der Waals surface area (Å²) in [7, 11) is 1.95. The summed E-state index contributed by atoms with van der Waals surface area (Å²) in [5, 5.41) is 7.28. The van der Waals surface area contributed by atoms with Crippen molar-refractivity contribution in [2.24, 2.45) is 5.92 Å². The van der Waals surface area contributed by atoms with Crippen LogP contribution in [0.15, 0.2) is 22.9 Å². The molecule has 0 aliphatic heterocycles. The van der Waals surface area contributed by atoms with Gasteiger partial charge in [0.05, 0.1) is 0 Å². The molecule has 19 heavy (non-hydrogen) atoms. The van der Waals surface area contributed by atoms with Crippen molar-refractivity contribution in [3.05, 3.63) is 29.8 Å². The van der Waals surface area contributed by atoms with E-state index in [1.54, 1.807) is 6.20 Å². The number of hydrogen-bond acceptors (Lipinski definition) is 5. The standard InChI is InChI=1S/C14H20N4O/c1-9(2)11(15-4)8-12-17-14(18-19-12)13-10(3)6-5-7-16-13/h5-7,9,11,15H,8H2,1-4H3. The van der Waals surface area contributed by atoms with Crippen molar-refractivity contribution in [3.8, 4) is 11.5 Å². The molecule has 0 saturated carbocycles. The zero-order chi connectivity index (χ0) is 13.8. The monoisotopic (exact) mass is 260 g/mol. The summed E-state index contributed by atoms with van der Waals surface area (Å²) in [5.41, 5.74) is 1.83. The Morgan fingerprint density at radius 2 is 2.16 bits per heavy atom. The Bertz CT molecular complexity index is 536. The van der Waals surface area contributed by atoms with Crippen LogP contribution in [-0.2, 0) is 6.42 Å². The normalized spacial score (nSPS) is 12.9. The maximum absolute atomic E-state index is 5.32. The summed E-state index contributed by atoms with van der Waals surface area (Å²) in [4.78, 5) is 8.73. The van der Waals surface area contributed by atoms with Gasteiger partial charge < -0.3 is 9.84 Å². The molecule has 2 rings (SSSR count). The molecule has 0 aliphatic rings. The van der Waals surface area contributed by atoms with Crippen LogP contribution in [0.1, 0.15) is 25.3 Å². The fourth-order valence-corrected chi connectivity index (χ4v) is 2.01. The third-order valence-electron chi connectivity index (χ3n) is 3.26. The highest BCUT2D eigenvalue weighted by atomic mass is 16.5. The summed E-state index contributed by atoms with van der Waals surface area (Å²) < 4.78 is 5.32. The van der Waals surface area contributed by atoms with Crippen LogP contribution in [0.5, 0.6) is 0 Å². The van der Waals surface area contributed by atoms with Crippen molar-refractivity contribution in [2.75, 3.05) is 7.05 Å². The average Bonchev–Trinajstić information content (AvgIpc) is 2.84. The quantitative estimate of drug-likeness (QED) is 0.893. The minimum Gasteiger partial charge on any atom is -0.339 e. The predicted octanol–water partition coefficient (Wildman–Crippen LogP) is 2.23. The predicted molar refractivity (Wildman–Crippen MR) is 73.7 cm³/mol. The molecule has 1 N–H and O–H groups in total. The second kappa shape index (κ2) is 5.93. The molecule has 5 nitrogen and oxygen atoms in total. The van der Waals surface area contributed by atoms with Crippen LogP contribution in [-0.4, -0.2) is 28.2 Å². The van der Waals surface area contributed by atoms with Crippen molar-refractivity contribution >= 4 is 0 Å². The third kappa shape index (κ3) is 3.17. The molecule has 0 saturated heterocycles. The van der Waals surface area contributed by atoms with E-state index >= 15 is 0 Å². The minimum atomic E-state index is 0.332. The molecule has 2 aromatic rings. The molecule has 1 unspecified atom stereocenters. The highest BCUT2D eigenvalue weighted by Gasteiger charge is 2.17. The van der Waals surface area contributed by atoms with Gasteiger partial charge in [-0.25, -0.2) is 0 Å². The van der Waals surface area contributed by atoms with Gasteiger partial charge in [0.25, 0.3) is 0 Å². The molecule has 0 bridgehead atoms. The van der Waals surface area contributed by atoms with Crippen molar-refractivity contribution in [3.63, 3.8) is 0 Å². The van der Waals surface area contributed by atoms with Crippen LogP contribution in [0.25, 0.3) is 11.5 Å². The molecular weight excluding hydrogens is 240 g/mol. The third-order valence-corrected chi connectivity index (χ3v) is 3.26. The Hall–Kier alpha value is -1.75. The van der Waals surface area contributed by atoms with E-state index in [0.717, 1.165) is 17.7 Å². The van der Waals surface area contributed by atoms with Gasteiger partial charge in [-0.15, -0.1) is 0 Å². The van der Waals surface area contributed by atoms with Crippen LogP contribution in [0.2, 0.25) is 0 Å². The number of hydrogen-bond donors (Lipinski definition) is 1. The first-order valence-corrected chi connectivity index (χ1v) is 6.53. The van der Waals surface area contributed by atoms with Gasteiger partial charge in [0.1, 0.15) is 5.69 Å².